The van der Waals surface area contributed by atoms with Crippen molar-refractivity contribution in [2.75, 3.05) is 25.4 Å². The van der Waals surface area contributed by atoms with Crippen LogP contribution in [0.3, 0.4) is 0 Å². The second-order valence-electron chi connectivity index (χ2n) is 2.73. The van der Waals surface area contributed by atoms with Gasteiger partial charge in [-0.25, -0.2) is 0 Å². The lowest BCUT2D eigenvalue weighted by Crippen LogP contribution is -2.19. The summed E-state index contributed by atoms with van der Waals surface area (Å²) in [4.78, 5) is 2.49. The molecule has 0 spiro atoms. The quantitative estimate of drug-likeness (QED) is 0.572. The van der Waals surface area contributed by atoms with Gasteiger partial charge in [0.1, 0.15) is 0 Å². The topological polar surface area (TPSA) is 3.24 Å². The van der Waals surface area contributed by atoms with Gasteiger partial charge in [0.25, 0.3) is 0 Å². The van der Waals surface area contributed by atoms with E-state index in [0.717, 1.165) is 11.7 Å². The summed E-state index contributed by atoms with van der Waals surface area (Å²) < 4.78 is 0. The maximum Gasteiger partial charge on any atom is 0.00178 e. The largest absolute Gasteiger partial charge is 0.303 e. The van der Waals surface area contributed by atoms with E-state index in [1.54, 1.807) is 0 Å². The fraction of sp³-hybridized carbons (Fsp3) is 1.00. The fourth-order valence-electron chi connectivity index (χ4n) is 1.35. The molecule has 9 heavy (non-hydrogen) atoms. The summed E-state index contributed by atoms with van der Waals surface area (Å²) >= 11 is 4.27. The van der Waals surface area contributed by atoms with Gasteiger partial charge in [0, 0.05) is 6.54 Å². The summed E-state index contributed by atoms with van der Waals surface area (Å²) in [7, 11) is 0. The molecular formula is C7H15NS. The van der Waals surface area contributed by atoms with Crippen LogP contribution in [0.25, 0.3) is 0 Å². The molecule has 0 saturated carbocycles. The summed E-state index contributed by atoms with van der Waals surface area (Å²) in [5, 5.41) is 0. The average molecular weight is 145 g/mol. The molecule has 1 rings (SSSR count). The van der Waals surface area contributed by atoms with E-state index in [9.17, 15) is 0 Å². The molecule has 1 nitrogen and oxygen atoms in total. The highest BCUT2D eigenvalue weighted by molar-refractivity contribution is 7.80. The number of hydrogen-bond donors (Lipinski definition) is 1. The number of hydrogen-bond acceptors (Lipinski definition) is 2. The minimum Gasteiger partial charge on any atom is -0.303 e. The molecule has 0 aliphatic carbocycles. The summed E-state index contributed by atoms with van der Waals surface area (Å²) in [5.74, 6) is 1.93. The van der Waals surface area contributed by atoms with Gasteiger partial charge < -0.3 is 4.90 Å². The predicted molar refractivity (Wildman–Crippen MR) is 44.1 cm³/mol. The van der Waals surface area contributed by atoms with Crippen LogP contribution in [0, 0.1) is 5.92 Å². The minimum absolute atomic E-state index is 0.869. The Morgan fingerprint density at radius 3 is 2.78 bits per heavy atom. The molecule has 0 aromatic heterocycles. The molecule has 0 aromatic rings. The third kappa shape index (κ3) is 1.87. The van der Waals surface area contributed by atoms with E-state index < -0.39 is 0 Å². The maximum atomic E-state index is 4.27. The third-order valence-electron chi connectivity index (χ3n) is 2.08. The lowest BCUT2D eigenvalue weighted by molar-refractivity contribution is 0.347. The van der Waals surface area contributed by atoms with E-state index in [2.05, 4.69) is 24.5 Å². The first-order valence-electron chi connectivity index (χ1n) is 3.70. The van der Waals surface area contributed by atoms with Gasteiger partial charge in [-0.2, -0.15) is 12.6 Å². The molecule has 1 fully saturated rings. The molecule has 1 atom stereocenters. The molecule has 2 heteroatoms. The van der Waals surface area contributed by atoms with Crippen LogP contribution in [-0.4, -0.2) is 30.3 Å². The zero-order chi connectivity index (χ0) is 6.69. The van der Waals surface area contributed by atoms with Crippen LogP contribution < -0.4 is 0 Å². The lowest BCUT2D eigenvalue weighted by Gasteiger charge is -2.10. The molecule has 1 aliphatic heterocycles. The minimum atomic E-state index is 0.869. The Balaban J connectivity index is 2.20. The van der Waals surface area contributed by atoms with Gasteiger partial charge in [-0.15, -0.1) is 0 Å². The van der Waals surface area contributed by atoms with Crippen molar-refractivity contribution in [2.45, 2.75) is 13.3 Å². The van der Waals surface area contributed by atoms with Crippen LogP contribution in [0.1, 0.15) is 13.3 Å². The molecule has 0 bridgehead atoms. The molecule has 1 unspecified atom stereocenters. The van der Waals surface area contributed by atoms with Crippen molar-refractivity contribution in [1.29, 1.82) is 0 Å². The summed E-state index contributed by atoms with van der Waals surface area (Å²) in [6.07, 6.45) is 1.36. The second kappa shape index (κ2) is 3.47. The van der Waals surface area contributed by atoms with Crippen LogP contribution in [0.5, 0.6) is 0 Å². The van der Waals surface area contributed by atoms with Crippen molar-refractivity contribution in [2.24, 2.45) is 5.92 Å². The average Bonchev–Trinajstić information content (AvgIpc) is 2.34. The van der Waals surface area contributed by atoms with Gasteiger partial charge in [0.05, 0.1) is 0 Å². The van der Waals surface area contributed by atoms with E-state index in [-0.39, 0.29) is 0 Å². The van der Waals surface area contributed by atoms with Gasteiger partial charge >= 0.3 is 0 Å². The second-order valence-corrected chi connectivity index (χ2v) is 3.10. The highest BCUT2D eigenvalue weighted by Gasteiger charge is 2.18. The Hall–Kier alpha value is 0.310. The van der Waals surface area contributed by atoms with Gasteiger partial charge in [0.2, 0.25) is 0 Å². The zero-order valence-corrected chi connectivity index (χ0v) is 6.90. The first-order valence-corrected chi connectivity index (χ1v) is 4.33. The lowest BCUT2D eigenvalue weighted by atomic mass is 10.2. The molecule has 0 N–H and O–H groups in total. The maximum absolute atomic E-state index is 4.27. The van der Waals surface area contributed by atoms with E-state index >= 15 is 0 Å². The van der Waals surface area contributed by atoms with Crippen LogP contribution in [-0.2, 0) is 0 Å². The number of rotatable bonds is 2. The number of thiol groups is 1. The Kier molecular flexibility index (Phi) is 2.86. The highest BCUT2D eigenvalue weighted by Crippen LogP contribution is 2.15. The molecule has 1 saturated heterocycles. The Labute approximate surface area is 62.8 Å². The SMILES string of the molecule is CCN1CCC(CS)C1. The van der Waals surface area contributed by atoms with Gasteiger partial charge in [-0.3, -0.25) is 0 Å². The molecule has 1 heterocycles. The van der Waals surface area contributed by atoms with Crippen molar-refractivity contribution in [3.63, 3.8) is 0 Å². The molecule has 0 aromatic carbocycles. The monoisotopic (exact) mass is 145 g/mol. The van der Waals surface area contributed by atoms with Crippen LogP contribution in [0.15, 0.2) is 0 Å². The Bertz CT molecular complexity index is 75.0. The van der Waals surface area contributed by atoms with E-state index in [1.807, 2.05) is 0 Å². The first kappa shape index (κ1) is 7.42. The zero-order valence-electron chi connectivity index (χ0n) is 6.01. The molecule has 0 amide bonds. The molecule has 1 aliphatic rings. The van der Waals surface area contributed by atoms with E-state index in [1.165, 1.54) is 26.1 Å². The predicted octanol–water partition coefficient (Wildman–Crippen LogP) is 1.26. The third-order valence-corrected chi connectivity index (χ3v) is 2.59. The normalized spacial score (nSPS) is 29.3. The van der Waals surface area contributed by atoms with Gasteiger partial charge in [-0.1, -0.05) is 6.92 Å². The van der Waals surface area contributed by atoms with Crippen LogP contribution in [0.4, 0.5) is 0 Å². The van der Waals surface area contributed by atoms with Crippen molar-refractivity contribution in [1.82, 2.24) is 4.90 Å². The van der Waals surface area contributed by atoms with Gasteiger partial charge in [0.15, 0.2) is 0 Å². The standard InChI is InChI=1S/C7H15NS/c1-2-8-4-3-7(5-8)6-9/h7,9H,2-6H2,1H3. The van der Waals surface area contributed by atoms with Crippen LogP contribution >= 0.6 is 12.6 Å². The van der Waals surface area contributed by atoms with E-state index in [4.69, 9.17) is 0 Å². The van der Waals surface area contributed by atoms with Crippen LogP contribution in [0.2, 0.25) is 0 Å². The summed E-state index contributed by atoms with van der Waals surface area (Å²) in [6, 6.07) is 0. The first-order chi connectivity index (χ1) is 4.36. The van der Waals surface area contributed by atoms with Gasteiger partial charge in [-0.05, 0) is 31.2 Å². The van der Waals surface area contributed by atoms with Crippen molar-refractivity contribution >= 4 is 12.6 Å². The Morgan fingerprint density at radius 2 is 2.44 bits per heavy atom. The molecule has 0 radical (unpaired) electrons. The molecular weight excluding hydrogens is 130 g/mol. The van der Waals surface area contributed by atoms with E-state index in [0.29, 0.717) is 0 Å². The summed E-state index contributed by atoms with van der Waals surface area (Å²) in [6.45, 7) is 6.01. The molecule has 54 valence electrons. The van der Waals surface area contributed by atoms with Crippen molar-refractivity contribution in [3.05, 3.63) is 0 Å². The smallest absolute Gasteiger partial charge is 0.00178 e. The number of likely N-dealkylation sites (tertiary alicyclic amines) is 1. The number of nitrogens with zero attached hydrogens (tertiary/aromatic N) is 1. The fourth-order valence-corrected chi connectivity index (χ4v) is 1.65. The highest BCUT2D eigenvalue weighted by atomic mass is 32.1. The summed E-state index contributed by atoms with van der Waals surface area (Å²) in [5.41, 5.74) is 0. The van der Waals surface area contributed by atoms with Crippen molar-refractivity contribution in [3.8, 4) is 0 Å². The Morgan fingerprint density at radius 1 is 1.67 bits per heavy atom. The van der Waals surface area contributed by atoms with Crippen molar-refractivity contribution < 1.29 is 0 Å².